The number of amides is 1. The number of esters is 1. The van der Waals surface area contributed by atoms with Crippen LogP contribution in [0.15, 0.2) is 0 Å². The zero-order valence-electron chi connectivity index (χ0n) is 9.99. The van der Waals surface area contributed by atoms with Gasteiger partial charge in [0, 0.05) is 20.0 Å². The number of hydrogen-bond donors (Lipinski definition) is 1. The molecule has 16 heavy (non-hydrogen) atoms. The Hall–Kier alpha value is -1.10. The van der Waals surface area contributed by atoms with Gasteiger partial charge in [-0.1, -0.05) is 6.42 Å². The van der Waals surface area contributed by atoms with Crippen LogP contribution in [0, 0.1) is 0 Å². The molecule has 0 bridgehead atoms. The molecule has 5 heteroatoms. The molecule has 1 atom stereocenters. The molecule has 1 N–H and O–H groups in total. The van der Waals surface area contributed by atoms with E-state index in [1.165, 1.54) is 14.0 Å². The van der Waals surface area contributed by atoms with E-state index in [1.807, 2.05) is 0 Å². The molecule has 1 fully saturated rings. The second-order valence-electron chi connectivity index (χ2n) is 4.05. The number of nitrogens with zero attached hydrogens (tertiary/aromatic N) is 1. The van der Waals surface area contributed by atoms with E-state index in [0.29, 0.717) is 13.1 Å². The molecule has 1 rings (SSSR count). The molecule has 0 saturated carbocycles. The molecule has 0 aromatic heterocycles. The molecule has 1 unspecified atom stereocenters. The molecule has 5 nitrogen and oxygen atoms in total. The second-order valence-corrected chi connectivity index (χ2v) is 4.05. The molecule has 1 amide bonds. The molecular weight excluding hydrogens is 208 g/mol. The number of nitrogens with one attached hydrogen (secondary N) is 1. The molecule has 1 aliphatic rings. The first kappa shape index (κ1) is 13.0. The quantitative estimate of drug-likeness (QED) is 0.696. The number of piperidine rings is 1. The van der Waals surface area contributed by atoms with Crippen molar-refractivity contribution in [2.75, 3.05) is 26.7 Å². The summed E-state index contributed by atoms with van der Waals surface area (Å²) in [4.78, 5) is 24.3. The second kappa shape index (κ2) is 6.48. The third-order valence-electron chi connectivity index (χ3n) is 2.86. The Bertz CT molecular complexity index is 256. The Labute approximate surface area is 96.1 Å². The summed E-state index contributed by atoms with van der Waals surface area (Å²) in [5.41, 5.74) is 0. The summed E-state index contributed by atoms with van der Waals surface area (Å²) >= 11 is 0. The molecular formula is C11H20N2O3. The monoisotopic (exact) mass is 228 g/mol. The van der Waals surface area contributed by atoms with Gasteiger partial charge < -0.3 is 10.1 Å². The van der Waals surface area contributed by atoms with Gasteiger partial charge in [0.05, 0.1) is 7.11 Å². The summed E-state index contributed by atoms with van der Waals surface area (Å²) in [5, 5.41) is 2.74. The molecule has 0 spiro atoms. The third kappa shape index (κ3) is 3.81. The lowest BCUT2D eigenvalue weighted by atomic mass is 10.0. The Morgan fingerprint density at radius 1 is 1.44 bits per heavy atom. The highest BCUT2D eigenvalue weighted by Gasteiger charge is 2.28. The highest BCUT2D eigenvalue weighted by Crippen LogP contribution is 2.17. The number of methoxy groups -OCH3 is 1. The first-order valence-electron chi connectivity index (χ1n) is 5.71. The van der Waals surface area contributed by atoms with Gasteiger partial charge in [0.15, 0.2) is 0 Å². The van der Waals surface area contributed by atoms with Crippen LogP contribution in [0.4, 0.5) is 0 Å². The maximum atomic E-state index is 11.5. The third-order valence-corrected chi connectivity index (χ3v) is 2.86. The lowest BCUT2D eigenvalue weighted by Crippen LogP contribution is -2.47. The van der Waals surface area contributed by atoms with Crippen LogP contribution in [0.25, 0.3) is 0 Å². The maximum Gasteiger partial charge on any atom is 0.323 e. The van der Waals surface area contributed by atoms with E-state index >= 15 is 0 Å². The smallest absolute Gasteiger partial charge is 0.323 e. The number of carbonyl (C=O) groups is 2. The summed E-state index contributed by atoms with van der Waals surface area (Å²) in [6.07, 6.45) is 3.02. The predicted molar refractivity (Wildman–Crippen MR) is 59.9 cm³/mol. The summed E-state index contributed by atoms with van der Waals surface area (Å²) in [6.45, 7) is 3.69. The molecule has 0 aromatic carbocycles. The van der Waals surface area contributed by atoms with Crippen LogP contribution in [0.2, 0.25) is 0 Å². The van der Waals surface area contributed by atoms with Crippen LogP contribution < -0.4 is 5.32 Å². The predicted octanol–water partition coefficient (Wildman–Crippen LogP) is 0.150. The van der Waals surface area contributed by atoms with Crippen molar-refractivity contribution in [2.45, 2.75) is 32.2 Å². The molecule has 0 aromatic rings. The number of ether oxygens (including phenoxy) is 1. The van der Waals surface area contributed by atoms with Crippen LogP contribution >= 0.6 is 0 Å². The maximum absolute atomic E-state index is 11.5. The van der Waals surface area contributed by atoms with Crippen molar-refractivity contribution in [1.82, 2.24) is 10.2 Å². The van der Waals surface area contributed by atoms with Gasteiger partial charge in [0.25, 0.3) is 0 Å². The Morgan fingerprint density at radius 2 is 2.19 bits per heavy atom. The van der Waals surface area contributed by atoms with Crippen molar-refractivity contribution < 1.29 is 14.3 Å². The minimum Gasteiger partial charge on any atom is -0.468 e. The van der Waals surface area contributed by atoms with E-state index in [9.17, 15) is 9.59 Å². The Kier molecular flexibility index (Phi) is 5.25. The van der Waals surface area contributed by atoms with Crippen molar-refractivity contribution in [3.8, 4) is 0 Å². The SMILES string of the molecule is COC(=O)C1CCCCN1CCNC(C)=O. The first-order chi connectivity index (χ1) is 7.65. The summed E-state index contributed by atoms with van der Waals surface area (Å²) in [7, 11) is 1.42. The molecule has 1 saturated heterocycles. The van der Waals surface area contributed by atoms with E-state index in [4.69, 9.17) is 4.74 Å². The van der Waals surface area contributed by atoms with Crippen molar-refractivity contribution in [2.24, 2.45) is 0 Å². The van der Waals surface area contributed by atoms with Gasteiger partial charge in [0.2, 0.25) is 5.91 Å². The van der Waals surface area contributed by atoms with Crippen LogP contribution in [0.5, 0.6) is 0 Å². The fourth-order valence-electron chi connectivity index (χ4n) is 2.04. The van der Waals surface area contributed by atoms with Gasteiger partial charge in [-0.05, 0) is 19.4 Å². The van der Waals surface area contributed by atoms with Gasteiger partial charge in [-0.2, -0.15) is 0 Å². The van der Waals surface area contributed by atoms with Gasteiger partial charge in [-0.3, -0.25) is 14.5 Å². The minimum atomic E-state index is -0.164. The lowest BCUT2D eigenvalue weighted by Gasteiger charge is -2.33. The van der Waals surface area contributed by atoms with Crippen molar-refractivity contribution in [1.29, 1.82) is 0 Å². The average Bonchev–Trinajstić information content (AvgIpc) is 2.28. The largest absolute Gasteiger partial charge is 0.468 e. The van der Waals surface area contributed by atoms with Crippen molar-refractivity contribution in [3.05, 3.63) is 0 Å². The number of carbonyl (C=O) groups excluding carboxylic acids is 2. The minimum absolute atomic E-state index is 0.0355. The highest BCUT2D eigenvalue weighted by molar-refractivity contribution is 5.75. The fourth-order valence-corrected chi connectivity index (χ4v) is 2.04. The van der Waals surface area contributed by atoms with Gasteiger partial charge in [-0.25, -0.2) is 0 Å². The highest BCUT2D eigenvalue weighted by atomic mass is 16.5. The Balaban J connectivity index is 2.40. The zero-order chi connectivity index (χ0) is 12.0. The van der Waals surface area contributed by atoms with E-state index in [-0.39, 0.29) is 17.9 Å². The van der Waals surface area contributed by atoms with Crippen molar-refractivity contribution in [3.63, 3.8) is 0 Å². The van der Waals surface area contributed by atoms with Crippen LogP contribution in [0.3, 0.4) is 0 Å². The summed E-state index contributed by atoms with van der Waals surface area (Å²) in [6, 6.07) is -0.132. The van der Waals surface area contributed by atoms with E-state index in [1.54, 1.807) is 0 Å². The number of likely N-dealkylation sites (tertiary alicyclic amines) is 1. The normalized spacial score (nSPS) is 21.5. The lowest BCUT2D eigenvalue weighted by molar-refractivity contribution is -0.148. The van der Waals surface area contributed by atoms with Gasteiger partial charge >= 0.3 is 5.97 Å². The van der Waals surface area contributed by atoms with E-state index < -0.39 is 0 Å². The molecule has 1 aliphatic heterocycles. The zero-order valence-corrected chi connectivity index (χ0v) is 9.99. The molecule has 0 aliphatic carbocycles. The molecule has 0 radical (unpaired) electrons. The van der Waals surface area contributed by atoms with Gasteiger partial charge in [-0.15, -0.1) is 0 Å². The van der Waals surface area contributed by atoms with Crippen LogP contribution in [0.1, 0.15) is 26.2 Å². The fraction of sp³-hybridized carbons (Fsp3) is 0.818. The Morgan fingerprint density at radius 3 is 2.81 bits per heavy atom. The number of hydrogen-bond acceptors (Lipinski definition) is 4. The summed E-state index contributed by atoms with van der Waals surface area (Å²) in [5.74, 6) is -0.200. The first-order valence-corrected chi connectivity index (χ1v) is 5.71. The van der Waals surface area contributed by atoms with Gasteiger partial charge in [0.1, 0.15) is 6.04 Å². The average molecular weight is 228 g/mol. The van der Waals surface area contributed by atoms with Crippen LogP contribution in [-0.2, 0) is 14.3 Å². The van der Waals surface area contributed by atoms with E-state index in [2.05, 4.69) is 10.2 Å². The topological polar surface area (TPSA) is 58.6 Å². The number of rotatable bonds is 4. The standard InChI is InChI=1S/C11H20N2O3/c1-9(14)12-6-8-13-7-4-3-5-10(13)11(15)16-2/h10H,3-8H2,1-2H3,(H,12,14). The molecule has 1 heterocycles. The van der Waals surface area contributed by atoms with Crippen molar-refractivity contribution >= 4 is 11.9 Å². The van der Waals surface area contributed by atoms with Crippen LogP contribution in [-0.4, -0.2) is 49.6 Å². The summed E-state index contributed by atoms with van der Waals surface area (Å²) < 4.78 is 4.78. The van der Waals surface area contributed by atoms with E-state index in [0.717, 1.165) is 25.8 Å². The molecule has 92 valence electrons.